The molecule has 0 fully saturated rings. The van der Waals surface area contributed by atoms with E-state index in [0.717, 1.165) is 66.5 Å². The molecule has 11 rings (SSSR count). The molecule has 2 aromatic heterocycles. The highest BCUT2D eigenvalue weighted by molar-refractivity contribution is 6.19. The lowest BCUT2D eigenvalue weighted by Crippen LogP contribution is -2.16. The molecule has 0 radical (unpaired) electrons. The number of aromatic nitrogens is 3. The number of benzene rings is 8. The third-order valence-corrected chi connectivity index (χ3v) is 11.5. The van der Waals surface area contributed by atoms with Gasteiger partial charge < -0.3 is 9.32 Å². The lowest BCUT2D eigenvalue weighted by atomic mass is 9.82. The number of hydrogen-bond donors (Lipinski definition) is 0. The van der Waals surface area contributed by atoms with Gasteiger partial charge in [0.05, 0.1) is 0 Å². The Kier molecular flexibility index (Phi) is 7.45. The highest BCUT2D eigenvalue weighted by atomic mass is 16.3. The van der Waals surface area contributed by atoms with Crippen molar-refractivity contribution in [3.05, 3.63) is 193 Å². The van der Waals surface area contributed by atoms with Crippen molar-refractivity contribution in [3.8, 4) is 45.3 Å². The molecule has 0 aliphatic heterocycles. The number of para-hydroxylation sites is 2. The SMILES string of the molecule is CC1(C)c2ccccc2-c2ccc(N(c3ccccc3)c3ccc4c(-c5nc(-c6ccccc6)nc(-c6ccccc6)n5)cc5c6ccccc6oc5c4c3)cc21. The molecule has 5 heteroatoms. The molecule has 0 unspecified atom stereocenters. The van der Waals surface area contributed by atoms with Crippen LogP contribution in [0.4, 0.5) is 17.1 Å². The number of hydrogen-bond acceptors (Lipinski definition) is 5. The van der Waals surface area contributed by atoms with Crippen LogP contribution < -0.4 is 4.90 Å². The molecule has 1 aliphatic carbocycles. The number of rotatable bonds is 6. The van der Waals surface area contributed by atoms with Gasteiger partial charge in [-0.3, -0.25) is 0 Å². The second-order valence-corrected chi connectivity index (χ2v) is 15.2. The molecule has 5 nitrogen and oxygen atoms in total. The first kappa shape index (κ1) is 33.0. The minimum absolute atomic E-state index is 0.134. The maximum absolute atomic E-state index is 6.74. The summed E-state index contributed by atoms with van der Waals surface area (Å²) in [6, 6.07) is 63.7. The van der Waals surface area contributed by atoms with Crippen LogP contribution in [-0.4, -0.2) is 15.0 Å². The fraction of sp³-hybridized carbons (Fsp3) is 0.0577. The maximum Gasteiger partial charge on any atom is 0.164 e. The highest BCUT2D eigenvalue weighted by Crippen LogP contribution is 2.51. The van der Waals surface area contributed by atoms with Crippen LogP contribution in [0.2, 0.25) is 0 Å². The maximum atomic E-state index is 6.74. The van der Waals surface area contributed by atoms with Crippen LogP contribution in [0.1, 0.15) is 25.0 Å². The minimum atomic E-state index is -0.134. The van der Waals surface area contributed by atoms with Gasteiger partial charge in [-0.1, -0.05) is 147 Å². The van der Waals surface area contributed by atoms with Crippen LogP contribution in [0.15, 0.2) is 186 Å². The zero-order valence-electron chi connectivity index (χ0n) is 31.5. The lowest BCUT2D eigenvalue weighted by Gasteiger charge is -2.28. The van der Waals surface area contributed by atoms with Gasteiger partial charge in [0.25, 0.3) is 0 Å². The monoisotopic (exact) mass is 732 g/mol. The Balaban J connectivity index is 1.16. The van der Waals surface area contributed by atoms with Gasteiger partial charge in [0.15, 0.2) is 17.5 Å². The van der Waals surface area contributed by atoms with E-state index < -0.39 is 0 Å². The molecule has 0 amide bonds. The summed E-state index contributed by atoms with van der Waals surface area (Å²) in [4.78, 5) is 17.7. The second-order valence-electron chi connectivity index (χ2n) is 15.2. The van der Waals surface area contributed by atoms with Crippen molar-refractivity contribution in [1.29, 1.82) is 0 Å². The molecule has 57 heavy (non-hydrogen) atoms. The summed E-state index contributed by atoms with van der Waals surface area (Å²) in [7, 11) is 0. The van der Waals surface area contributed by atoms with E-state index in [9.17, 15) is 0 Å². The zero-order valence-corrected chi connectivity index (χ0v) is 31.5. The summed E-state index contributed by atoms with van der Waals surface area (Å²) in [6.45, 7) is 4.66. The third-order valence-electron chi connectivity index (χ3n) is 11.5. The standard InChI is InChI=1S/C52H36N4O/c1-52(2)45-24-14-12-22-39(45)40-29-27-37(31-46(40)52)56(35-20-10-5-11-21-35)36-26-28-38-42(30-36)48-43(41-23-13-15-25-47(41)57-48)32-44(38)51-54-49(33-16-6-3-7-17-33)53-50(55-51)34-18-8-4-9-19-34/h3-32H,1-2H3. The van der Waals surface area contributed by atoms with Gasteiger partial charge in [0.2, 0.25) is 0 Å². The molecule has 0 N–H and O–H groups in total. The summed E-state index contributed by atoms with van der Waals surface area (Å²) in [5.41, 5.74) is 12.8. The van der Waals surface area contributed by atoms with Crippen LogP contribution >= 0.6 is 0 Å². The minimum Gasteiger partial charge on any atom is -0.455 e. The predicted molar refractivity (Wildman–Crippen MR) is 233 cm³/mol. The molecule has 2 heterocycles. The molecular formula is C52H36N4O. The van der Waals surface area contributed by atoms with Crippen molar-refractivity contribution < 1.29 is 4.42 Å². The number of furan rings is 1. The quantitative estimate of drug-likeness (QED) is 0.170. The highest BCUT2D eigenvalue weighted by Gasteiger charge is 2.35. The molecule has 0 spiro atoms. The average molecular weight is 733 g/mol. The summed E-state index contributed by atoms with van der Waals surface area (Å²) >= 11 is 0. The normalized spacial score (nSPS) is 12.9. The fourth-order valence-electron chi connectivity index (χ4n) is 8.69. The van der Waals surface area contributed by atoms with Gasteiger partial charge in [-0.15, -0.1) is 0 Å². The number of anilines is 3. The smallest absolute Gasteiger partial charge is 0.164 e. The molecule has 1 aliphatic rings. The van der Waals surface area contributed by atoms with E-state index in [0.29, 0.717) is 17.5 Å². The first-order chi connectivity index (χ1) is 28.0. The van der Waals surface area contributed by atoms with Gasteiger partial charge in [-0.05, 0) is 76.2 Å². The van der Waals surface area contributed by atoms with Gasteiger partial charge in [0, 0.05) is 55.3 Å². The van der Waals surface area contributed by atoms with Crippen LogP contribution in [0, 0.1) is 0 Å². The Labute approximate surface area is 330 Å². The van der Waals surface area contributed by atoms with E-state index in [1.807, 2.05) is 72.8 Å². The van der Waals surface area contributed by atoms with Gasteiger partial charge in [0.1, 0.15) is 11.2 Å². The first-order valence-electron chi connectivity index (χ1n) is 19.4. The number of fused-ring (bicyclic) bond motifs is 8. The first-order valence-corrected chi connectivity index (χ1v) is 19.4. The summed E-state index contributed by atoms with van der Waals surface area (Å²) in [5.74, 6) is 1.85. The van der Waals surface area contributed by atoms with E-state index in [2.05, 4.69) is 128 Å². The Morgan fingerprint density at radius 2 is 0.965 bits per heavy atom. The lowest BCUT2D eigenvalue weighted by molar-refractivity contribution is 0.660. The van der Waals surface area contributed by atoms with Crippen LogP contribution in [0.3, 0.4) is 0 Å². The van der Waals surface area contributed by atoms with Crippen LogP contribution in [0.5, 0.6) is 0 Å². The average Bonchev–Trinajstić information content (AvgIpc) is 3.76. The molecule has 0 saturated heterocycles. The zero-order chi connectivity index (χ0) is 38.1. The van der Waals surface area contributed by atoms with Crippen molar-refractivity contribution in [3.63, 3.8) is 0 Å². The van der Waals surface area contributed by atoms with E-state index in [-0.39, 0.29) is 5.41 Å². The van der Waals surface area contributed by atoms with Crippen molar-refractivity contribution in [2.45, 2.75) is 19.3 Å². The Bertz CT molecular complexity index is 3100. The Hall–Kier alpha value is -7.37. The van der Waals surface area contributed by atoms with Crippen LogP contribution in [-0.2, 0) is 5.41 Å². The summed E-state index contributed by atoms with van der Waals surface area (Å²) in [6.07, 6.45) is 0. The van der Waals surface area contributed by atoms with Crippen molar-refractivity contribution >= 4 is 49.8 Å². The second kappa shape index (κ2) is 12.9. The molecule has 270 valence electrons. The molecule has 10 aromatic rings. The third kappa shape index (κ3) is 5.35. The molecule has 0 saturated carbocycles. The van der Waals surface area contributed by atoms with Crippen LogP contribution in [0.25, 0.3) is 78.0 Å². The fourth-order valence-corrected chi connectivity index (χ4v) is 8.69. The summed E-state index contributed by atoms with van der Waals surface area (Å²) in [5, 5.41) is 4.03. The van der Waals surface area contributed by atoms with Gasteiger partial charge >= 0.3 is 0 Å². The predicted octanol–water partition coefficient (Wildman–Crippen LogP) is 13.7. The largest absolute Gasteiger partial charge is 0.455 e. The topological polar surface area (TPSA) is 55.1 Å². The molecule has 0 bridgehead atoms. The van der Waals surface area contributed by atoms with Crippen molar-refractivity contribution in [1.82, 2.24) is 15.0 Å². The van der Waals surface area contributed by atoms with Gasteiger partial charge in [-0.2, -0.15) is 0 Å². The summed E-state index contributed by atoms with van der Waals surface area (Å²) < 4.78 is 6.74. The van der Waals surface area contributed by atoms with Crippen molar-refractivity contribution in [2.75, 3.05) is 4.90 Å². The van der Waals surface area contributed by atoms with E-state index >= 15 is 0 Å². The molecule has 0 atom stereocenters. The van der Waals surface area contributed by atoms with E-state index in [1.54, 1.807) is 0 Å². The van der Waals surface area contributed by atoms with E-state index in [1.165, 1.54) is 22.3 Å². The molecule has 8 aromatic carbocycles. The van der Waals surface area contributed by atoms with Gasteiger partial charge in [-0.25, -0.2) is 15.0 Å². The Morgan fingerprint density at radius 3 is 1.70 bits per heavy atom. The number of nitrogens with zero attached hydrogens (tertiary/aromatic N) is 4. The Morgan fingerprint density at radius 1 is 0.404 bits per heavy atom. The van der Waals surface area contributed by atoms with Crippen molar-refractivity contribution in [2.24, 2.45) is 0 Å². The van der Waals surface area contributed by atoms with E-state index in [4.69, 9.17) is 19.4 Å². The molecular weight excluding hydrogens is 697 g/mol.